The van der Waals surface area contributed by atoms with Crippen LogP contribution in [0.3, 0.4) is 0 Å². The smallest absolute Gasteiger partial charge is 0.336 e. The van der Waals surface area contributed by atoms with Gasteiger partial charge in [0.2, 0.25) is 5.91 Å². The standard InChI is InChI=1S/C14H12N2O3/c1-9(17)16-11-4-2-3-10(7-11)13-8-15-6-5-12(13)14(18)19/h2-8H,1H3,(H,16,17)(H,18,19). The Morgan fingerprint density at radius 2 is 2.05 bits per heavy atom. The van der Waals surface area contributed by atoms with Crippen LogP contribution in [0.4, 0.5) is 5.69 Å². The molecule has 1 heterocycles. The summed E-state index contributed by atoms with van der Waals surface area (Å²) in [5, 5.41) is 11.8. The number of carbonyl (C=O) groups is 2. The molecule has 1 aromatic heterocycles. The molecule has 0 radical (unpaired) electrons. The summed E-state index contributed by atoms with van der Waals surface area (Å²) < 4.78 is 0. The first-order valence-corrected chi connectivity index (χ1v) is 5.63. The van der Waals surface area contributed by atoms with Crippen molar-refractivity contribution in [2.75, 3.05) is 5.32 Å². The van der Waals surface area contributed by atoms with Gasteiger partial charge in [-0.05, 0) is 23.8 Å². The van der Waals surface area contributed by atoms with Gasteiger partial charge in [-0.3, -0.25) is 9.78 Å². The number of hydrogen-bond donors (Lipinski definition) is 2. The zero-order valence-electron chi connectivity index (χ0n) is 10.3. The number of nitrogens with zero attached hydrogens (tertiary/aromatic N) is 1. The summed E-state index contributed by atoms with van der Waals surface area (Å²) in [5.74, 6) is -1.19. The molecule has 0 spiro atoms. The fraction of sp³-hybridized carbons (Fsp3) is 0.0714. The third kappa shape index (κ3) is 2.95. The van der Waals surface area contributed by atoms with Gasteiger partial charge in [-0.15, -0.1) is 0 Å². The molecular formula is C14H12N2O3. The van der Waals surface area contributed by atoms with Gasteiger partial charge in [0.05, 0.1) is 5.56 Å². The van der Waals surface area contributed by atoms with Gasteiger partial charge < -0.3 is 10.4 Å². The molecule has 0 unspecified atom stereocenters. The first kappa shape index (κ1) is 12.8. The van der Waals surface area contributed by atoms with Crippen molar-refractivity contribution in [3.05, 3.63) is 48.3 Å². The molecule has 5 heteroatoms. The van der Waals surface area contributed by atoms with Crippen LogP contribution in [0.5, 0.6) is 0 Å². The number of benzene rings is 1. The van der Waals surface area contributed by atoms with E-state index in [1.165, 1.54) is 25.4 Å². The molecule has 2 rings (SSSR count). The number of nitrogens with one attached hydrogen (secondary N) is 1. The molecule has 0 aliphatic carbocycles. The molecule has 2 N–H and O–H groups in total. The average Bonchev–Trinajstić information content (AvgIpc) is 2.38. The Morgan fingerprint density at radius 1 is 1.26 bits per heavy atom. The molecule has 5 nitrogen and oxygen atoms in total. The predicted molar refractivity (Wildman–Crippen MR) is 70.9 cm³/mol. The SMILES string of the molecule is CC(=O)Nc1cccc(-c2cnccc2C(=O)O)c1. The van der Waals surface area contributed by atoms with Crippen molar-refractivity contribution in [2.45, 2.75) is 6.92 Å². The first-order chi connectivity index (χ1) is 9.08. The minimum atomic E-state index is -1.01. The lowest BCUT2D eigenvalue weighted by atomic mass is 10.0. The minimum absolute atomic E-state index is 0.176. The minimum Gasteiger partial charge on any atom is -0.478 e. The number of anilines is 1. The van der Waals surface area contributed by atoms with Crippen LogP contribution in [-0.4, -0.2) is 22.0 Å². The molecule has 19 heavy (non-hydrogen) atoms. The molecule has 1 amide bonds. The van der Waals surface area contributed by atoms with E-state index < -0.39 is 5.97 Å². The van der Waals surface area contributed by atoms with Gasteiger partial charge in [0.25, 0.3) is 0 Å². The fourth-order valence-corrected chi connectivity index (χ4v) is 1.78. The van der Waals surface area contributed by atoms with E-state index in [1.54, 1.807) is 24.3 Å². The van der Waals surface area contributed by atoms with Crippen molar-refractivity contribution in [1.82, 2.24) is 4.98 Å². The number of aromatic nitrogens is 1. The van der Waals surface area contributed by atoms with E-state index in [9.17, 15) is 9.59 Å². The van der Waals surface area contributed by atoms with E-state index in [-0.39, 0.29) is 11.5 Å². The molecule has 0 atom stereocenters. The van der Waals surface area contributed by atoms with Crippen LogP contribution in [-0.2, 0) is 4.79 Å². The van der Waals surface area contributed by atoms with Crippen molar-refractivity contribution in [2.24, 2.45) is 0 Å². The second kappa shape index (κ2) is 5.30. The molecular weight excluding hydrogens is 244 g/mol. The highest BCUT2D eigenvalue weighted by molar-refractivity contribution is 5.96. The van der Waals surface area contributed by atoms with Gasteiger partial charge in [-0.25, -0.2) is 4.79 Å². The summed E-state index contributed by atoms with van der Waals surface area (Å²) in [5.41, 5.74) is 2.00. The maximum atomic E-state index is 11.2. The number of carboxylic acids is 1. The second-order valence-electron chi connectivity index (χ2n) is 3.99. The van der Waals surface area contributed by atoms with E-state index in [4.69, 9.17) is 5.11 Å². The summed E-state index contributed by atoms with van der Waals surface area (Å²) in [6, 6.07) is 8.42. The fourth-order valence-electron chi connectivity index (χ4n) is 1.78. The predicted octanol–water partition coefficient (Wildman–Crippen LogP) is 2.41. The number of aromatic carboxylic acids is 1. The van der Waals surface area contributed by atoms with E-state index >= 15 is 0 Å². The molecule has 1 aromatic carbocycles. The summed E-state index contributed by atoms with van der Waals surface area (Å²) in [6.07, 6.45) is 2.93. The Balaban J connectivity index is 2.47. The van der Waals surface area contributed by atoms with Crippen LogP contribution in [0.2, 0.25) is 0 Å². The Kier molecular flexibility index (Phi) is 3.56. The quantitative estimate of drug-likeness (QED) is 0.883. The van der Waals surface area contributed by atoms with E-state index in [0.717, 1.165) is 0 Å². The van der Waals surface area contributed by atoms with Crippen LogP contribution < -0.4 is 5.32 Å². The van der Waals surface area contributed by atoms with Crippen LogP contribution in [0.1, 0.15) is 17.3 Å². The average molecular weight is 256 g/mol. The zero-order chi connectivity index (χ0) is 13.8. The number of amides is 1. The van der Waals surface area contributed by atoms with Crippen molar-refractivity contribution in [3.63, 3.8) is 0 Å². The summed E-state index contributed by atoms with van der Waals surface area (Å²) in [7, 11) is 0. The maximum absolute atomic E-state index is 11.2. The Morgan fingerprint density at radius 3 is 2.74 bits per heavy atom. The van der Waals surface area contributed by atoms with Crippen LogP contribution in [0.25, 0.3) is 11.1 Å². The summed E-state index contributed by atoms with van der Waals surface area (Å²) in [4.78, 5) is 26.1. The topological polar surface area (TPSA) is 79.3 Å². The highest BCUT2D eigenvalue weighted by Gasteiger charge is 2.11. The van der Waals surface area contributed by atoms with Crippen LogP contribution in [0.15, 0.2) is 42.7 Å². The zero-order valence-corrected chi connectivity index (χ0v) is 10.3. The van der Waals surface area contributed by atoms with Crippen molar-refractivity contribution >= 4 is 17.6 Å². The molecule has 0 saturated carbocycles. The van der Waals surface area contributed by atoms with Gasteiger partial charge in [0, 0.05) is 30.6 Å². The Labute approximate surface area is 109 Å². The molecule has 2 aromatic rings. The van der Waals surface area contributed by atoms with Gasteiger partial charge in [0.15, 0.2) is 0 Å². The third-order valence-electron chi connectivity index (χ3n) is 2.55. The van der Waals surface area contributed by atoms with Gasteiger partial charge in [-0.2, -0.15) is 0 Å². The van der Waals surface area contributed by atoms with Gasteiger partial charge >= 0.3 is 5.97 Å². The number of pyridine rings is 1. The van der Waals surface area contributed by atoms with Crippen LogP contribution >= 0.6 is 0 Å². The number of hydrogen-bond acceptors (Lipinski definition) is 3. The molecule has 0 fully saturated rings. The highest BCUT2D eigenvalue weighted by atomic mass is 16.4. The summed E-state index contributed by atoms with van der Waals surface area (Å²) in [6.45, 7) is 1.42. The highest BCUT2D eigenvalue weighted by Crippen LogP contribution is 2.25. The van der Waals surface area contributed by atoms with Crippen molar-refractivity contribution in [3.8, 4) is 11.1 Å². The normalized spacial score (nSPS) is 9.95. The maximum Gasteiger partial charge on any atom is 0.336 e. The molecule has 0 aliphatic heterocycles. The molecule has 0 saturated heterocycles. The number of carboxylic acid groups (broad SMARTS) is 1. The lowest BCUT2D eigenvalue weighted by molar-refractivity contribution is -0.114. The number of rotatable bonds is 3. The first-order valence-electron chi connectivity index (χ1n) is 5.63. The molecule has 0 aliphatic rings. The lowest BCUT2D eigenvalue weighted by Crippen LogP contribution is -2.06. The van der Waals surface area contributed by atoms with E-state index in [0.29, 0.717) is 16.8 Å². The third-order valence-corrected chi connectivity index (χ3v) is 2.55. The molecule has 0 bridgehead atoms. The Bertz CT molecular complexity index is 638. The van der Waals surface area contributed by atoms with Gasteiger partial charge in [0.1, 0.15) is 0 Å². The molecule has 96 valence electrons. The second-order valence-corrected chi connectivity index (χ2v) is 3.99. The largest absolute Gasteiger partial charge is 0.478 e. The lowest BCUT2D eigenvalue weighted by Gasteiger charge is -2.08. The number of carbonyl (C=O) groups excluding carboxylic acids is 1. The van der Waals surface area contributed by atoms with Crippen molar-refractivity contribution in [1.29, 1.82) is 0 Å². The monoisotopic (exact) mass is 256 g/mol. The van der Waals surface area contributed by atoms with E-state index in [2.05, 4.69) is 10.3 Å². The summed E-state index contributed by atoms with van der Waals surface area (Å²) >= 11 is 0. The Hall–Kier alpha value is -2.69. The van der Waals surface area contributed by atoms with Gasteiger partial charge in [-0.1, -0.05) is 12.1 Å². The van der Waals surface area contributed by atoms with Crippen molar-refractivity contribution < 1.29 is 14.7 Å². The van der Waals surface area contributed by atoms with E-state index in [1.807, 2.05) is 0 Å². The van der Waals surface area contributed by atoms with Crippen LogP contribution in [0, 0.1) is 0 Å².